The Kier molecular flexibility index (Phi) is 3.45. The van der Waals surface area contributed by atoms with Gasteiger partial charge >= 0.3 is 6.18 Å². The predicted octanol–water partition coefficient (Wildman–Crippen LogP) is 3.32. The van der Waals surface area contributed by atoms with E-state index in [1.54, 1.807) is 12.1 Å². The Morgan fingerprint density at radius 1 is 1.25 bits per heavy atom. The molecule has 0 saturated carbocycles. The van der Waals surface area contributed by atoms with Crippen LogP contribution < -0.4 is 4.74 Å². The summed E-state index contributed by atoms with van der Waals surface area (Å²) in [6, 6.07) is 3.40. The summed E-state index contributed by atoms with van der Waals surface area (Å²) in [7, 11) is 0. The highest BCUT2D eigenvalue weighted by Crippen LogP contribution is 2.30. The monoisotopic (exact) mass is 233 g/mol. The first-order chi connectivity index (χ1) is 7.20. The molecule has 5 heteroatoms. The van der Waals surface area contributed by atoms with Gasteiger partial charge in [0.15, 0.2) is 6.61 Å². The summed E-state index contributed by atoms with van der Waals surface area (Å²) >= 11 is 0. The molecule has 0 N–H and O–H groups in total. The van der Waals surface area contributed by atoms with Crippen molar-refractivity contribution in [3.05, 3.63) is 23.9 Å². The van der Waals surface area contributed by atoms with Gasteiger partial charge in [0.2, 0.25) is 5.88 Å². The molecule has 0 unspecified atom stereocenters. The van der Waals surface area contributed by atoms with Crippen molar-refractivity contribution >= 4 is 0 Å². The smallest absolute Gasteiger partial charge is 0.422 e. The highest BCUT2D eigenvalue weighted by molar-refractivity contribution is 5.31. The Hall–Kier alpha value is -1.26. The van der Waals surface area contributed by atoms with Gasteiger partial charge in [-0.3, -0.25) is 0 Å². The van der Waals surface area contributed by atoms with Crippen LogP contribution in [0.4, 0.5) is 13.2 Å². The Balaban J connectivity index is 2.88. The molecule has 0 atom stereocenters. The fourth-order valence-electron chi connectivity index (χ4n) is 1.23. The maximum Gasteiger partial charge on any atom is 0.422 e. The number of alkyl halides is 3. The van der Waals surface area contributed by atoms with Crippen molar-refractivity contribution in [2.75, 3.05) is 6.61 Å². The average molecular weight is 233 g/mol. The summed E-state index contributed by atoms with van der Waals surface area (Å²) < 4.78 is 40.7. The molecule has 0 aliphatic heterocycles. The van der Waals surface area contributed by atoms with Crippen molar-refractivity contribution in [2.45, 2.75) is 32.4 Å². The summed E-state index contributed by atoms with van der Waals surface area (Å²) in [5, 5.41) is 0. The van der Waals surface area contributed by atoms with Gasteiger partial charge in [-0.05, 0) is 11.5 Å². The van der Waals surface area contributed by atoms with Crippen LogP contribution in [0.5, 0.6) is 5.88 Å². The van der Waals surface area contributed by atoms with Gasteiger partial charge in [-0.1, -0.05) is 26.8 Å². The molecule has 1 rings (SSSR count). The van der Waals surface area contributed by atoms with Crippen LogP contribution in [-0.4, -0.2) is 17.8 Å². The molecule has 0 spiro atoms. The van der Waals surface area contributed by atoms with Crippen LogP contribution in [0.1, 0.15) is 26.3 Å². The Morgan fingerprint density at radius 2 is 1.88 bits per heavy atom. The Bertz CT molecular complexity index is 355. The van der Waals surface area contributed by atoms with E-state index >= 15 is 0 Å². The van der Waals surface area contributed by atoms with Crippen LogP contribution in [0, 0.1) is 0 Å². The summed E-state index contributed by atoms with van der Waals surface area (Å²) in [6.07, 6.45) is -2.92. The number of hydrogen-bond donors (Lipinski definition) is 0. The molecule has 0 aromatic carbocycles. The maximum atomic E-state index is 12.0. The van der Waals surface area contributed by atoms with Crippen molar-refractivity contribution < 1.29 is 17.9 Å². The third-order valence-electron chi connectivity index (χ3n) is 1.95. The highest BCUT2D eigenvalue weighted by Gasteiger charge is 2.30. The lowest BCUT2D eigenvalue weighted by molar-refractivity contribution is -0.154. The van der Waals surface area contributed by atoms with Crippen LogP contribution >= 0.6 is 0 Å². The molecule has 1 heterocycles. The van der Waals surface area contributed by atoms with Gasteiger partial charge < -0.3 is 4.74 Å². The SMILES string of the molecule is CC(C)(C)c1cccnc1OCC(F)(F)F. The third kappa shape index (κ3) is 3.72. The molecule has 0 aliphatic carbocycles. The first-order valence-corrected chi connectivity index (χ1v) is 4.85. The van der Waals surface area contributed by atoms with E-state index in [9.17, 15) is 13.2 Å². The van der Waals surface area contributed by atoms with Gasteiger partial charge in [-0.25, -0.2) is 4.98 Å². The second kappa shape index (κ2) is 4.31. The first kappa shape index (κ1) is 12.8. The Morgan fingerprint density at radius 3 is 2.38 bits per heavy atom. The zero-order chi connectivity index (χ0) is 12.4. The van der Waals surface area contributed by atoms with Crippen molar-refractivity contribution in [2.24, 2.45) is 0 Å². The van der Waals surface area contributed by atoms with Crippen molar-refractivity contribution in [3.63, 3.8) is 0 Å². The number of rotatable bonds is 2. The normalized spacial score (nSPS) is 12.6. The van der Waals surface area contributed by atoms with Gasteiger partial charge in [0.25, 0.3) is 0 Å². The molecule has 0 saturated heterocycles. The summed E-state index contributed by atoms with van der Waals surface area (Å²) in [5.41, 5.74) is 0.370. The zero-order valence-electron chi connectivity index (χ0n) is 9.43. The lowest BCUT2D eigenvalue weighted by Gasteiger charge is -2.21. The molecular weight excluding hydrogens is 219 g/mol. The molecule has 0 fully saturated rings. The van der Waals surface area contributed by atoms with Gasteiger partial charge in [-0.2, -0.15) is 13.2 Å². The molecule has 16 heavy (non-hydrogen) atoms. The first-order valence-electron chi connectivity index (χ1n) is 4.85. The Labute approximate surface area is 92.5 Å². The molecule has 0 aliphatic rings. The number of hydrogen-bond acceptors (Lipinski definition) is 2. The van der Waals surface area contributed by atoms with E-state index in [-0.39, 0.29) is 11.3 Å². The summed E-state index contributed by atoms with van der Waals surface area (Å²) in [4.78, 5) is 3.83. The average Bonchev–Trinajstić information content (AvgIpc) is 2.12. The minimum atomic E-state index is -4.34. The lowest BCUT2D eigenvalue weighted by Crippen LogP contribution is -2.22. The second-order valence-electron chi connectivity index (χ2n) is 4.51. The summed E-state index contributed by atoms with van der Waals surface area (Å²) in [6.45, 7) is 4.37. The highest BCUT2D eigenvalue weighted by atomic mass is 19.4. The fraction of sp³-hybridized carbons (Fsp3) is 0.545. The van der Waals surface area contributed by atoms with E-state index in [2.05, 4.69) is 4.98 Å². The maximum absolute atomic E-state index is 12.0. The topological polar surface area (TPSA) is 22.1 Å². The van der Waals surface area contributed by atoms with E-state index < -0.39 is 12.8 Å². The largest absolute Gasteiger partial charge is 0.468 e. The van der Waals surface area contributed by atoms with Crippen molar-refractivity contribution in [1.29, 1.82) is 0 Å². The van der Waals surface area contributed by atoms with Crippen LogP contribution in [0.15, 0.2) is 18.3 Å². The molecule has 1 aromatic rings. The van der Waals surface area contributed by atoms with Gasteiger partial charge in [-0.15, -0.1) is 0 Å². The molecule has 0 amide bonds. The van der Waals surface area contributed by atoms with Crippen LogP contribution in [0.25, 0.3) is 0 Å². The van der Waals surface area contributed by atoms with E-state index in [0.717, 1.165) is 0 Å². The van der Waals surface area contributed by atoms with E-state index in [1.165, 1.54) is 6.20 Å². The second-order valence-corrected chi connectivity index (χ2v) is 4.51. The molecule has 0 radical (unpaired) electrons. The van der Waals surface area contributed by atoms with E-state index in [4.69, 9.17) is 4.74 Å². The van der Waals surface area contributed by atoms with Crippen LogP contribution in [0.3, 0.4) is 0 Å². The van der Waals surface area contributed by atoms with Gasteiger partial charge in [0.05, 0.1) is 0 Å². The quantitative estimate of drug-likeness (QED) is 0.781. The number of halogens is 3. The minimum Gasteiger partial charge on any atom is -0.468 e. The minimum absolute atomic E-state index is 0.0484. The predicted molar refractivity (Wildman–Crippen MR) is 54.5 cm³/mol. The molecule has 1 aromatic heterocycles. The summed E-state index contributed by atoms with van der Waals surface area (Å²) in [5.74, 6) is 0.0484. The molecular formula is C11H14F3NO. The standard InChI is InChI=1S/C11H14F3NO/c1-10(2,3)8-5-4-6-15-9(8)16-7-11(12,13)14/h4-6H,7H2,1-3H3. The molecule has 2 nitrogen and oxygen atoms in total. The molecule has 0 bridgehead atoms. The number of ether oxygens (including phenoxy) is 1. The van der Waals surface area contributed by atoms with Crippen LogP contribution in [0.2, 0.25) is 0 Å². The number of nitrogens with zero attached hydrogens (tertiary/aromatic N) is 1. The van der Waals surface area contributed by atoms with Crippen molar-refractivity contribution in [3.8, 4) is 5.88 Å². The van der Waals surface area contributed by atoms with Gasteiger partial charge in [0.1, 0.15) is 0 Å². The zero-order valence-corrected chi connectivity index (χ0v) is 9.43. The lowest BCUT2D eigenvalue weighted by atomic mass is 9.88. The molecule has 90 valence electrons. The number of aromatic nitrogens is 1. The number of pyridine rings is 1. The van der Waals surface area contributed by atoms with Crippen molar-refractivity contribution in [1.82, 2.24) is 4.98 Å². The fourth-order valence-corrected chi connectivity index (χ4v) is 1.23. The van der Waals surface area contributed by atoms with E-state index in [0.29, 0.717) is 5.56 Å². The van der Waals surface area contributed by atoms with Gasteiger partial charge in [0, 0.05) is 11.8 Å². The van der Waals surface area contributed by atoms with Crippen LogP contribution in [-0.2, 0) is 5.41 Å². The van der Waals surface area contributed by atoms with E-state index in [1.807, 2.05) is 20.8 Å². The third-order valence-corrected chi connectivity index (χ3v) is 1.95.